The Labute approximate surface area is 107 Å². The number of benzene rings is 1. The summed E-state index contributed by atoms with van der Waals surface area (Å²) in [6, 6.07) is 4.33. The fourth-order valence-corrected chi connectivity index (χ4v) is 3.36. The van der Waals surface area contributed by atoms with E-state index in [9.17, 15) is 8.42 Å². The molecular weight excluding hydrogens is 260 g/mol. The quantitative estimate of drug-likeness (QED) is 0.638. The Hall–Kier alpha value is -1.04. The summed E-state index contributed by atoms with van der Waals surface area (Å²) in [5, 5.41) is 0.114. The lowest BCUT2D eigenvalue weighted by Crippen LogP contribution is -2.32. The summed E-state index contributed by atoms with van der Waals surface area (Å²) in [5.41, 5.74) is 5.77. The highest BCUT2D eigenvalue weighted by Crippen LogP contribution is 2.27. The van der Waals surface area contributed by atoms with E-state index in [0.717, 1.165) is 0 Å². The Morgan fingerprint density at radius 2 is 2.24 bits per heavy atom. The van der Waals surface area contributed by atoms with Crippen LogP contribution in [0.3, 0.4) is 0 Å². The molecule has 94 valence electrons. The number of halogens is 1. The summed E-state index contributed by atoms with van der Waals surface area (Å²) in [5.74, 6) is 0. The van der Waals surface area contributed by atoms with E-state index in [4.69, 9.17) is 17.3 Å². The van der Waals surface area contributed by atoms with Gasteiger partial charge in [-0.2, -0.15) is 0 Å². The van der Waals surface area contributed by atoms with Gasteiger partial charge in [0.1, 0.15) is 4.90 Å². The van der Waals surface area contributed by atoms with E-state index in [-0.39, 0.29) is 21.6 Å². The number of nitrogens with one attached hydrogen (secondary N) is 1. The number of hydrogen-bond acceptors (Lipinski definition) is 3. The van der Waals surface area contributed by atoms with Crippen LogP contribution in [0.1, 0.15) is 13.3 Å². The van der Waals surface area contributed by atoms with Gasteiger partial charge < -0.3 is 5.73 Å². The molecule has 0 heterocycles. The van der Waals surface area contributed by atoms with E-state index >= 15 is 0 Å². The average Bonchev–Trinajstić information content (AvgIpc) is 2.15. The van der Waals surface area contributed by atoms with Gasteiger partial charge in [0.05, 0.1) is 10.7 Å². The summed E-state index contributed by atoms with van der Waals surface area (Å²) < 4.78 is 26.6. The van der Waals surface area contributed by atoms with Gasteiger partial charge in [-0.15, -0.1) is 6.58 Å². The molecule has 4 nitrogen and oxygen atoms in total. The third kappa shape index (κ3) is 3.46. The average molecular weight is 275 g/mol. The minimum atomic E-state index is -3.70. The first kappa shape index (κ1) is 14.0. The molecule has 0 aliphatic carbocycles. The topological polar surface area (TPSA) is 72.2 Å². The second-order valence-corrected chi connectivity index (χ2v) is 5.76. The van der Waals surface area contributed by atoms with Crippen molar-refractivity contribution in [2.45, 2.75) is 24.3 Å². The van der Waals surface area contributed by atoms with Crippen molar-refractivity contribution >= 4 is 27.3 Å². The minimum absolute atomic E-state index is 0.0717. The normalized spacial score (nSPS) is 13.3. The molecule has 0 saturated carbocycles. The van der Waals surface area contributed by atoms with Gasteiger partial charge >= 0.3 is 0 Å². The first-order valence-electron chi connectivity index (χ1n) is 5.05. The molecule has 0 fully saturated rings. The highest BCUT2D eigenvalue weighted by atomic mass is 35.5. The van der Waals surface area contributed by atoms with Gasteiger partial charge in [-0.1, -0.05) is 23.7 Å². The molecule has 0 spiro atoms. The maximum Gasteiger partial charge on any atom is 0.244 e. The largest absolute Gasteiger partial charge is 0.398 e. The zero-order valence-electron chi connectivity index (χ0n) is 9.48. The monoisotopic (exact) mass is 274 g/mol. The smallest absolute Gasteiger partial charge is 0.244 e. The molecule has 0 aromatic heterocycles. The fourth-order valence-electron chi connectivity index (χ4n) is 1.43. The third-order valence-corrected chi connectivity index (χ3v) is 4.28. The van der Waals surface area contributed by atoms with E-state index in [1.165, 1.54) is 12.1 Å². The second-order valence-electron chi connectivity index (χ2n) is 3.70. The summed E-state index contributed by atoms with van der Waals surface area (Å²) in [6.45, 7) is 5.30. The highest BCUT2D eigenvalue weighted by molar-refractivity contribution is 7.89. The van der Waals surface area contributed by atoms with Crippen LogP contribution in [0.2, 0.25) is 5.02 Å². The zero-order chi connectivity index (χ0) is 13.1. The van der Waals surface area contributed by atoms with E-state index < -0.39 is 10.0 Å². The molecule has 0 amide bonds. The number of nitrogens with two attached hydrogens (primary N) is 1. The molecule has 0 saturated heterocycles. The number of nitrogen functional groups attached to an aromatic ring is 1. The lowest BCUT2D eigenvalue weighted by molar-refractivity contribution is 0.562. The maximum absolute atomic E-state index is 12.0. The Morgan fingerprint density at radius 1 is 1.59 bits per heavy atom. The van der Waals surface area contributed by atoms with Gasteiger partial charge in [0.2, 0.25) is 10.0 Å². The molecule has 0 radical (unpaired) electrons. The minimum Gasteiger partial charge on any atom is -0.398 e. The van der Waals surface area contributed by atoms with Crippen molar-refractivity contribution in [1.82, 2.24) is 4.72 Å². The Balaban J connectivity index is 3.10. The molecule has 17 heavy (non-hydrogen) atoms. The lowest BCUT2D eigenvalue weighted by Gasteiger charge is -2.14. The molecule has 0 aliphatic rings. The van der Waals surface area contributed by atoms with Crippen LogP contribution in [0.4, 0.5) is 5.69 Å². The van der Waals surface area contributed by atoms with Crippen molar-refractivity contribution in [1.29, 1.82) is 0 Å². The van der Waals surface area contributed by atoms with Crippen molar-refractivity contribution in [3.05, 3.63) is 35.9 Å². The summed E-state index contributed by atoms with van der Waals surface area (Å²) in [4.78, 5) is -0.0717. The Bertz CT molecular complexity index is 494. The van der Waals surface area contributed by atoms with Gasteiger partial charge in [0, 0.05) is 6.04 Å². The van der Waals surface area contributed by atoms with E-state index in [1.807, 2.05) is 0 Å². The SMILES string of the molecule is C=CCC(C)NS(=O)(=O)c1c(N)cccc1Cl. The van der Waals surface area contributed by atoms with Crippen molar-refractivity contribution < 1.29 is 8.42 Å². The Morgan fingerprint density at radius 3 is 2.76 bits per heavy atom. The standard InChI is InChI=1S/C11H15ClN2O2S/c1-3-5-8(2)14-17(15,16)11-9(12)6-4-7-10(11)13/h3-4,6-8,14H,1,5,13H2,2H3. The first-order valence-corrected chi connectivity index (χ1v) is 6.92. The molecule has 1 unspecified atom stereocenters. The van der Waals surface area contributed by atoms with Crippen molar-refractivity contribution in [3.8, 4) is 0 Å². The lowest BCUT2D eigenvalue weighted by atomic mass is 10.3. The second kappa shape index (κ2) is 5.53. The number of hydrogen-bond donors (Lipinski definition) is 2. The van der Waals surface area contributed by atoms with Gasteiger partial charge in [-0.05, 0) is 25.5 Å². The van der Waals surface area contributed by atoms with Crippen LogP contribution in [0.15, 0.2) is 35.7 Å². The van der Waals surface area contributed by atoms with Crippen molar-refractivity contribution in [3.63, 3.8) is 0 Å². The molecule has 0 aliphatic heterocycles. The zero-order valence-corrected chi connectivity index (χ0v) is 11.1. The van der Waals surface area contributed by atoms with Crippen LogP contribution in [0.5, 0.6) is 0 Å². The summed E-state index contributed by atoms with van der Waals surface area (Å²) in [6.07, 6.45) is 2.17. The molecule has 1 aromatic carbocycles. The predicted molar refractivity (Wildman–Crippen MR) is 70.5 cm³/mol. The summed E-state index contributed by atoms with van der Waals surface area (Å²) in [7, 11) is -3.70. The van der Waals surface area contributed by atoms with Gasteiger partial charge in [0.25, 0.3) is 0 Å². The molecule has 6 heteroatoms. The van der Waals surface area contributed by atoms with Gasteiger partial charge in [-0.3, -0.25) is 0 Å². The molecule has 1 atom stereocenters. The van der Waals surface area contributed by atoms with Crippen molar-refractivity contribution in [2.75, 3.05) is 5.73 Å². The van der Waals surface area contributed by atoms with E-state index in [2.05, 4.69) is 11.3 Å². The van der Waals surface area contributed by atoms with Crippen LogP contribution < -0.4 is 10.5 Å². The predicted octanol–water partition coefficient (Wildman–Crippen LogP) is 2.17. The fraction of sp³-hybridized carbons (Fsp3) is 0.273. The van der Waals surface area contributed by atoms with Gasteiger partial charge in [0.15, 0.2) is 0 Å². The number of rotatable bonds is 5. The van der Waals surface area contributed by atoms with Crippen LogP contribution in [-0.4, -0.2) is 14.5 Å². The Kier molecular flexibility index (Phi) is 4.56. The number of anilines is 1. The molecule has 0 bridgehead atoms. The van der Waals surface area contributed by atoms with E-state index in [1.54, 1.807) is 19.1 Å². The maximum atomic E-state index is 12.0. The van der Waals surface area contributed by atoms with Crippen LogP contribution >= 0.6 is 11.6 Å². The van der Waals surface area contributed by atoms with Crippen LogP contribution in [0, 0.1) is 0 Å². The van der Waals surface area contributed by atoms with Gasteiger partial charge in [-0.25, -0.2) is 13.1 Å². The van der Waals surface area contributed by atoms with Crippen molar-refractivity contribution in [2.24, 2.45) is 0 Å². The summed E-state index contributed by atoms with van der Waals surface area (Å²) >= 11 is 5.86. The third-order valence-electron chi connectivity index (χ3n) is 2.14. The molecule has 1 aromatic rings. The highest BCUT2D eigenvalue weighted by Gasteiger charge is 2.22. The van der Waals surface area contributed by atoms with E-state index in [0.29, 0.717) is 6.42 Å². The van der Waals surface area contributed by atoms with Crippen LogP contribution in [-0.2, 0) is 10.0 Å². The molecule has 3 N–H and O–H groups in total. The van der Waals surface area contributed by atoms with Crippen LogP contribution in [0.25, 0.3) is 0 Å². The molecule has 1 rings (SSSR count). The molecular formula is C11H15ClN2O2S. The number of sulfonamides is 1. The first-order chi connectivity index (χ1) is 7.88.